The van der Waals surface area contributed by atoms with Crippen LogP contribution in [0.3, 0.4) is 0 Å². The molecule has 7 heteroatoms. The van der Waals surface area contributed by atoms with Gasteiger partial charge in [0.05, 0.1) is 10.8 Å². The number of nitrogens with one attached hydrogen (secondary N) is 3. The van der Waals surface area contributed by atoms with E-state index >= 15 is 0 Å². The normalized spacial score (nSPS) is 21.2. The molecule has 0 spiro atoms. The molecule has 0 bridgehead atoms. The van der Waals surface area contributed by atoms with Gasteiger partial charge in [0.15, 0.2) is 0 Å². The molecule has 1 saturated carbocycles. The maximum atomic E-state index is 12.2. The Morgan fingerprint density at radius 1 is 1.29 bits per heavy atom. The van der Waals surface area contributed by atoms with Crippen LogP contribution in [0.15, 0.2) is 23.1 Å². The Bertz CT molecular complexity index is 668. The van der Waals surface area contributed by atoms with E-state index in [2.05, 4.69) is 15.4 Å². The summed E-state index contributed by atoms with van der Waals surface area (Å²) in [6.07, 6.45) is 2.35. The zero-order valence-electron chi connectivity index (χ0n) is 11.8. The van der Waals surface area contributed by atoms with Crippen LogP contribution in [-0.2, 0) is 14.8 Å². The first-order valence-electron chi connectivity index (χ1n) is 7.15. The second-order valence-electron chi connectivity index (χ2n) is 5.59. The predicted octanol–water partition coefficient (Wildman–Crippen LogP) is 0.772. The van der Waals surface area contributed by atoms with Crippen molar-refractivity contribution >= 4 is 21.6 Å². The fourth-order valence-corrected chi connectivity index (χ4v) is 3.46. The summed E-state index contributed by atoms with van der Waals surface area (Å²) in [5.41, 5.74) is 1.43. The van der Waals surface area contributed by atoms with Gasteiger partial charge in [-0.05, 0) is 43.5 Å². The fraction of sp³-hybridized carbons (Fsp3) is 0.500. The van der Waals surface area contributed by atoms with Crippen LogP contribution in [0.2, 0.25) is 0 Å². The Morgan fingerprint density at radius 2 is 2.05 bits per heavy atom. The molecule has 1 aromatic rings. The highest BCUT2D eigenvalue weighted by molar-refractivity contribution is 7.89. The number of hydrogen-bond donors (Lipinski definition) is 3. The van der Waals surface area contributed by atoms with E-state index in [0.29, 0.717) is 24.8 Å². The lowest BCUT2D eigenvalue weighted by Gasteiger charge is -2.09. The molecule has 1 aliphatic carbocycles. The molecular formula is C14H19N3O3S. The molecule has 1 amide bonds. The van der Waals surface area contributed by atoms with Gasteiger partial charge in [-0.15, -0.1) is 0 Å². The van der Waals surface area contributed by atoms with E-state index in [0.717, 1.165) is 5.56 Å². The Kier molecular flexibility index (Phi) is 3.73. The third-order valence-electron chi connectivity index (χ3n) is 3.88. The Labute approximate surface area is 124 Å². The minimum Gasteiger partial charge on any atom is -0.325 e. The van der Waals surface area contributed by atoms with Crippen molar-refractivity contribution in [1.82, 2.24) is 10.0 Å². The first-order chi connectivity index (χ1) is 9.97. The van der Waals surface area contributed by atoms with Gasteiger partial charge in [-0.3, -0.25) is 4.79 Å². The molecule has 0 aromatic heterocycles. The molecule has 1 heterocycles. The highest BCUT2D eigenvalue weighted by atomic mass is 32.2. The first kappa shape index (κ1) is 14.5. The summed E-state index contributed by atoms with van der Waals surface area (Å²) >= 11 is 0. The lowest BCUT2D eigenvalue weighted by molar-refractivity contribution is -0.116. The number of sulfonamides is 1. The van der Waals surface area contributed by atoms with Crippen LogP contribution in [0.4, 0.5) is 5.69 Å². The maximum absolute atomic E-state index is 12.2. The minimum absolute atomic E-state index is 0.0962. The van der Waals surface area contributed by atoms with Crippen LogP contribution < -0.4 is 15.4 Å². The van der Waals surface area contributed by atoms with Crippen molar-refractivity contribution in [3.8, 4) is 0 Å². The van der Waals surface area contributed by atoms with Crippen molar-refractivity contribution in [1.29, 1.82) is 0 Å². The molecule has 1 aromatic carbocycles. The van der Waals surface area contributed by atoms with E-state index in [1.165, 1.54) is 18.9 Å². The zero-order chi connectivity index (χ0) is 15.0. The van der Waals surface area contributed by atoms with Crippen molar-refractivity contribution in [3.05, 3.63) is 23.8 Å². The van der Waals surface area contributed by atoms with Crippen molar-refractivity contribution in [2.24, 2.45) is 0 Å². The lowest BCUT2D eigenvalue weighted by atomic mass is 10.0. The van der Waals surface area contributed by atoms with Gasteiger partial charge in [0.25, 0.3) is 0 Å². The van der Waals surface area contributed by atoms with Crippen LogP contribution in [0, 0.1) is 0 Å². The van der Waals surface area contributed by atoms with Crippen molar-refractivity contribution in [2.75, 3.05) is 18.4 Å². The predicted molar refractivity (Wildman–Crippen MR) is 79.7 cm³/mol. The molecule has 3 rings (SSSR count). The minimum atomic E-state index is -3.53. The number of anilines is 1. The summed E-state index contributed by atoms with van der Waals surface area (Å²) in [4.78, 5) is 11.8. The number of amides is 1. The average molecular weight is 309 g/mol. The molecule has 0 radical (unpaired) electrons. The van der Waals surface area contributed by atoms with Crippen LogP contribution in [0.5, 0.6) is 0 Å². The number of hydrogen-bond acceptors (Lipinski definition) is 4. The molecule has 2 aliphatic rings. The number of fused-ring (bicyclic) bond motifs is 1. The van der Waals surface area contributed by atoms with Crippen molar-refractivity contribution in [3.63, 3.8) is 0 Å². The van der Waals surface area contributed by atoms with Crippen LogP contribution in [0.25, 0.3) is 0 Å². The van der Waals surface area contributed by atoms with Crippen molar-refractivity contribution in [2.45, 2.75) is 36.6 Å². The molecule has 0 saturated heterocycles. The third-order valence-corrected chi connectivity index (χ3v) is 5.34. The van der Waals surface area contributed by atoms with E-state index < -0.39 is 10.0 Å². The van der Waals surface area contributed by atoms with Gasteiger partial charge in [0.2, 0.25) is 15.9 Å². The number of rotatable bonds is 6. The fourth-order valence-electron chi connectivity index (χ4n) is 2.39. The van der Waals surface area contributed by atoms with E-state index in [1.807, 2.05) is 0 Å². The largest absolute Gasteiger partial charge is 0.325 e. The monoisotopic (exact) mass is 309 g/mol. The quantitative estimate of drug-likeness (QED) is 0.678. The summed E-state index contributed by atoms with van der Waals surface area (Å²) in [5, 5.41) is 5.99. The standard InChI is InChI=1S/C14H19N3O3S/c1-9-12-8-11(4-5-13(12)17-14(9)18)21(19,20)16-7-6-15-10-2-3-10/h4-5,8-10,15-16H,2-3,6-7H2,1H3,(H,17,18). The summed E-state index contributed by atoms with van der Waals surface area (Å²) in [7, 11) is -3.53. The number of carbonyl (C=O) groups is 1. The number of benzene rings is 1. The summed E-state index contributed by atoms with van der Waals surface area (Å²) in [5.74, 6) is -0.409. The lowest BCUT2D eigenvalue weighted by Crippen LogP contribution is -2.32. The van der Waals surface area contributed by atoms with Gasteiger partial charge in [-0.2, -0.15) is 0 Å². The van der Waals surface area contributed by atoms with Gasteiger partial charge in [-0.25, -0.2) is 13.1 Å². The molecule has 3 N–H and O–H groups in total. The van der Waals surface area contributed by atoms with Crippen LogP contribution in [-0.4, -0.2) is 33.5 Å². The second kappa shape index (κ2) is 5.40. The molecule has 21 heavy (non-hydrogen) atoms. The summed E-state index contributed by atoms with van der Waals surface area (Å²) in [6.45, 7) is 2.76. The SMILES string of the molecule is CC1C(=O)Nc2ccc(S(=O)(=O)NCCNC3CC3)cc21. The third kappa shape index (κ3) is 3.09. The van der Waals surface area contributed by atoms with E-state index in [9.17, 15) is 13.2 Å². The highest BCUT2D eigenvalue weighted by Crippen LogP contribution is 2.33. The van der Waals surface area contributed by atoms with Gasteiger partial charge < -0.3 is 10.6 Å². The summed E-state index contributed by atoms with van der Waals surface area (Å²) in [6, 6.07) is 5.31. The molecule has 1 fully saturated rings. The van der Waals surface area contributed by atoms with Crippen molar-refractivity contribution < 1.29 is 13.2 Å². The molecule has 1 unspecified atom stereocenters. The van der Waals surface area contributed by atoms with Crippen LogP contribution >= 0.6 is 0 Å². The number of carbonyl (C=O) groups excluding carboxylic acids is 1. The van der Waals surface area contributed by atoms with E-state index in [1.54, 1.807) is 19.1 Å². The Hall–Kier alpha value is -1.44. The second-order valence-corrected chi connectivity index (χ2v) is 7.35. The zero-order valence-corrected chi connectivity index (χ0v) is 12.7. The van der Waals surface area contributed by atoms with E-state index in [4.69, 9.17) is 0 Å². The Balaban J connectivity index is 1.69. The topological polar surface area (TPSA) is 87.3 Å². The molecule has 6 nitrogen and oxygen atoms in total. The van der Waals surface area contributed by atoms with Crippen LogP contribution in [0.1, 0.15) is 31.2 Å². The molecule has 1 atom stereocenters. The van der Waals surface area contributed by atoms with Gasteiger partial charge >= 0.3 is 0 Å². The first-order valence-corrected chi connectivity index (χ1v) is 8.63. The molecule has 1 aliphatic heterocycles. The van der Waals surface area contributed by atoms with Gasteiger partial charge in [-0.1, -0.05) is 0 Å². The molecule has 114 valence electrons. The maximum Gasteiger partial charge on any atom is 0.240 e. The van der Waals surface area contributed by atoms with E-state index in [-0.39, 0.29) is 16.7 Å². The van der Waals surface area contributed by atoms with Gasteiger partial charge in [0, 0.05) is 24.8 Å². The Morgan fingerprint density at radius 3 is 2.76 bits per heavy atom. The average Bonchev–Trinajstić information content (AvgIpc) is 3.22. The summed E-state index contributed by atoms with van der Waals surface area (Å²) < 4.78 is 27.1. The molecular weight excluding hydrogens is 290 g/mol. The van der Waals surface area contributed by atoms with Gasteiger partial charge in [0.1, 0.15) is 0 Å². The smallest absolute Gasteiger partial charge is 0.240 e. The highest BCUT2D eigenvalue weighted by Gasteiger charge is 2.28.